The van der Waals surface area contributed by atoms with E-state index in [0.717, 1.165) is 17.8 Å². The fraction of sp³-hybridized carbons (Fsp3) is 0.286. The van der Waals surface area contributed by atoms with Crippen molar-refractivity contribution in [2.45, 2.75) is 33.2 Å². The first-order chi connectivity index (χ1) is 13.5. The number of halogens is 1. The predicted molar refractivity (Wildman–Crippen MR) is 112 cm³/mol. The van der Waals surface area contributed by atoms with Gasteiger partial charge in [-0.3, -0.25) is 4.79 Å². The largest absolute Gasteiger partial charge is 0.319 e. The van der Waals surface area contributed by atoms with E-state index in [1.165, 1.54) is 0 Å². The zero-order valence-corrected chi connectivity index (χ0v) is 17.0. The highest BCUT2D eigenvalue weighted by Gasteiger charge is 2.21. The smallest absolute Gasteiger partial charge is 0.295 e. The summed E-state index contributed by atoms with van der Waals surface area (Å²) in [5.74, 6) is 0.518. The molecule has 0 unspecified atom stereocenters. The highest BCUT2D eigenvalue weighted by molar-refractivity contribution is 6.32. The molecule has 1 heterocycles. The van der Waals surface area contributed by atoms with Crippen molar-refractivity contribution < 1.29 is 4.79 Å². The van der Waals surface area contributed by atoms with Crippen LogP contribution in [0, 0.1) is 0 Å². The SMILES string of the molecule is CCNCc1ccccc1NC(=O)c1nc(C(C)C)n(-c2ccccc2Cl)n1. The van der Waals surface area contributed by atoms with E-state index in [4.69, 9.17) is 11.6 Å². The molecular weight excluding hydrogens is 374 g/mol. The molecule has 0 saturated heterocycles. The van der Waals surface area contributed by atoms with Crippen LogP contribution in [0.25, 0.3) is 5.69 Å². The lowest BCUT2D eigenvalue weighted by Gasteiger charge is -2.10. The number of nitrogens with one attached hydrogen (secondary N) is 2. The Balaban J connectivity index is 1.92. The van der Waals surface area contributed by atoms with Crippen LogP contribution in [0.5, 0.6) is 0 Å². The van der Waals surface area contributed by atoms with Gasteiger partial charge in [0.15, 0.2) is 0 Å². The Bertz CT molecular complexity index is 967. The van der Waals surface area contributed by atoms with E-state index >= 15 is 0 Å². The molecule has 0 atom stereocenters. The van der Waals surface area contributed by atoms with Gasteiger partial charge in [-0.05, 0) is 30.3 Å². The lowest BCUT2D eigenvalue weighted by atomic mass is 10.1. The molecule has 0 spiro atoms. The van der Waals surface area contributed by atoms with Gasteiger partial charge in [0.05, 0.1) is 10.7 Å². The van der Waals surface area contributed by atoms with Crippen LogP contribution in [0.4, 0.5) is 5.69 Å². The zero-order valence-electron chi connectivity index (χ0n) is 16.2. The Kier molecular flexibility index (Phi) is 6.44. The summed E-state index contributed by atoms with van der Waals surface area (Å²) in [5, 5.41) is 11.2. The van der Waals surface area contributed by atoms with Crippen LogP contribution in [-0.4, -0.2) is 27.2 Å². The van der Waals surface area contributed by atoms with E-state index in [0.29, 0.717) is 23.1 Å². The Morgan fingerprint density at radius 3 is 2.57 bits per heavy atom. The number of anilines is 1. The number of carbonyl (C=O) groups is 1. The van der Waals surface area contributed by atoms with E-state index in [2.05, 4.69) is 20.7 Å². The second-order valence-electron chi connectivity index (χ2n) is 6.70. The van der Waals surface area contributed by atoms with Gasteiger partial charge in [0.1, 0.15) is 5.82 Å². The Labute approximate surface area is 169 Å². The summed E-state index contributed by atoms with van der Waals surface area (Å²) in [6, 6.07) is 15.1. The molecule has 0 aliphatic rings. The third-order valence-corrected chi connectivity index (χ3v) is 4.58. The van der Waals surface area contributed by atoms with Crippen molar-refractivity contribution in [3.8, 4) is 5.69 Å². The molecule has 2 aromatic carbocycles. The molecule has 3 rings (SSSR count). The van der Waals surface area contributed by atoms with Gasteiger partial charge in [0.25, 0.3) is 5.91 Å². The van der Waals surface area contributed by atoms with E-state index < -0.39 is 0 Å². The molecule has 0 saturated carbocycles. The maximum absolute atomic E-state index is 12.8. The van der Waals surface area contributed by atoms with Crippen LogP contribution in [-0.2, 0) is 6.54 Å². The molecule has 2 N–H and O–H groups in total. The van der Waals surface area contributed by atoms with Crippen LogP contribution >= 0.6 is 11.6 Å². The lowest BCUT2D eigenvalue weighted by Crippen LogP contribution is -2.18. The molecule has 0 bridgehead atoms. The summed E-state index contributed by atoms with van der Waals surface area (Å²) < 4.78 is 1.65. The number of benzene rings is 2. The second-order valence-corrected chi connectivity index (χ2v) is 7.11. The van der Waals surface area contributed by atoms with Crippen molar-refractivity contribution in [2.75, 3.05) is 11.9 Å². The minimum absolute atomic E-state index is 0.0753. The summed E-state index contributed by atoms with van der Waals surface area (Å²) >= 11 is 6.33. The summed E-state index contributed by atoms with van der Waals surface area (Å²) in [5.41, 5.74) is 2.45. The highest BCUT2D eigenvalue weighted by atomic mass is 35.5. The molecule has 0 fully saturated rings. The van der Waals surface area contributed by atoms with Crippen molar-refractivity contribution >= 4 is 23.2 Å². The van der Waals surface area contributed by atoms with Crippen LogP contribution in [0.2, 0.25) is 5.02 Å². The Morgan fingerprint density at radius 1 is 1.14 bits per heavy atom. The monoisotopic (exact) mass is 397 g/mol. The normalized spacial score (nSPS) is 11.0. The van der Waals surface area contributed by atoms with Crippen molar-refractivity contribution in [2.24, 2.45) is 0 Å². The molecular formula is C21H24ClN5O. The van der Waals surface area contributed by atoms with Crippen LogP contribution in [0.3, 0.4) is 0 Å². The van der Waals surface area contributed by atoms with Crippen molar-refractivity contribution in [3.05, 3.63) is 70.8 Å². The summed E-state index contributed by atoms with van der Waals surface area (Å²) in [6.07, 6.45) is 0. The second kappa shape index (κ2) is 8.99. The fourth-order valence-electron chi connectivity index (χ4n) is 2.83. The minimum atomic E-state index is -0.350. The van der Waals surface area contributed by atoms with Crippen LogP contribution in [0.15, 0.2) is 48.5 Å². The average Bonchev–Trinajstić information content (AvgIpc) is 3.13. The summed E-state index contributed by atoms with van der Waals surface area (Å²) in [7, 11) is 0. The lowest BCUT2D eigenvalue weighted by molar-refractivity contribution is 0.101. The third kappa shape index (κ3) is 4.40. The molecule has 0 aliphatic carbocycles. The first kappa shape index (κ1) is 20.0. The number of aromatic nitrogens is 3. The number of para-hydroxylation sites is 2. The van der Waals surface area contributed by atoms with Gasteiger partial charge in [0, 0.05) is 18.2 Å². The van der Waals surface area contributed by atoms with Gasteiger partial charge < -0.3 is 10.6 Å². The van der Waals surface area contributed by atoms with Gasteiger partial charge in [-0.15, -0.1) is 5.10 Å². The number of hydrogen-bond donors (Lipinski definition) is 2. The Morgan fingerprint density at radius 2 is 1.86 bits per heavy atom. The van der Waals surface area contributed by atoms with E-state index in [1.54, 1.807) is 10.7 Å². The van der Waals surface area contributed by atoms with Crippen molar-refractivity contribution in [1.29, 1.82) is 0 Å². The number of hydrogen-bond acceptors (Lipinski definition) is 4. The fourth-order valence-corrected chi connectivity index (χ4v) is 3.04. The van der Waals surface area contributed by atoms with Gasteiger partial charge in [-0.25, -0.2) is 9.67 Å². The highest BCUT2D eigenvalue weighted by Crippen LogP contribution is 2.24. The number of nitrogens with zero attached hydrogens (tertiary/aromatic N) is 3. The quantitative estimate of drug-likeness (QED) is 0.619. The third-order valence-electron chi connectivity index (χ3n) is 4.26. The predicted octanol–water partition coefficient (Wildman–Crippen LogP) is 4.41. The maximum Gasteiger partial charge on any atom is 0.295 e. The first-order valence-electron chi connectivity index (χ1n) is 9.33. The molecule has 0 aliphatic heterocycles. The van der Waals surface area contributed by atoms with Gasteiger partial charge in [-0.2, -0.15) is 0 Å². The maximum atomic E-state index is 12.8. The molecule has 1 aromatic heterocycles. The zero-order chi connectivity index (χ0) is 20.1. The van der Waals surface area contributed by atoms with Crippen LogP contribution < -0.4 is 10.6 Å². The molecule has 6 nitrogen and oxygen atoms in total. The summed E-state index contributed by atoms with van der Waals surface area (Å²) in [6.45, 7) is 7.57. The van der Waals surface area contributed by atoms with Gasteiger partial charge in [-0.1, -0.05) is 62.7 Å². The van der Waals surface area contributed by atoms with E-state index in [9.17, 15) is 4.79 Å². The van der Waals surface area contributed by atoms with Crippen LogP contribution in [0.1, 0.15) is 48.7 Å². The molecule has 1 amide bonds. The Hall–Kier alpha value is -2.70. The first-order valence-corrected chi connectivity index (χ1v) is 9.70. The van der Waals surface area contributed by atoms with E-state index in [-0.39, 0.29) is 17.6 Å². The topological polar surface area (TPSA) is 71.8 Å². The van der Waals surface area contributed by atoms with Gasteiger partial charge >= 0.3 is 0 Å². The average molecular weight is 398 g/mol. The number of carbonyl (C=O) groups excluding carboxylic acids is 1. The molecule has 28 heavy (non-hydrogen) atoms. The summed E-state index contributed by atoms with van der Waals surface area (Å²) in [4.78, 5) is 17.3. The number of amides is 1. The standard InChI is InChI=1S/C21H24ClN5O/c1-4-23-13-15-9-5-7-11-17(15)24-21(28)19-25-20(14(2)3)27(26-19)18-12-8-6-10-16(18)22/h5-12,14,23H,4,13H2,1-3H3,(H,24,28). The van der Waals surface area contributed by atoms with Crippen molar-refractivity contribution in [1.82, 2.24) is 20.1 Å². The van der Waals surface area contributed by atoms with E-state index in [1.807, 2.05) is 63.2 Å². The molecule has 0 radical (unpaired) electrons. The van der Waals surface area contributed by atoms with Crippen molar-refractivity contribution in [3.63, 3.8) is 0 Å². The molecule has 7 heteroatoms. The molecule has 146 valence electrons. The van der Waals surface area contributed by atoms with Gasteiger partial charge in [0.2, 0.25) is 5.82 Å². The molecule has 3 aromatic rings. The number of rotatable bonds is 7. The minimum Gasteiger partial charge on any atom is -0.319 e.